The van der Waals surface area contributed by atoms with E-state index in [1.807, 2.05) is 0 Å². The lowest BCUT2D eigenvalue weighted by Crippen LogP contribution is -2.48. The van der Waals surface area contributed by atoms with Crippen molar-refractivity contribution in [1.82, 2.24) is 10.6 Å². The van der Waals surface area contributed by atoms with Crippen molar-refractivity contribution >= 4 is 41.0 Å². The molecule has 2 rings (SSSR count). The zero-order valence-corrected chi connectivity index (χ0v) is 26.6. The molecule has 12 heteroatoms. The summed E-state index contributed by atoms with van der Waals surface area (Å²) in [6, 6.07) is 11.4. The van der Waals surface area contributed by atoms with Crippen molar-refractivity contribution in [2.75, 3.05) is 18.5 Å². The summed E-state index contributed by atoms with van der Waals surface area (Å²) in [6.45, 7) is 15.6. The molecule has 0 radical (unpaired) electrons. The number of carbonyl (C=O) groups excluding carboxylic acids is 3. The number of nitrogens with two attached hydrogens (primary N) is 2. The van der Waals surface area contributed by atoms with Crippen molar-refractivity contribution in [2.24, 2.45) is 32.7 Å². The van der Waals surface area contributed by atoms with Crippen molar-refractivity contribution in [1.29, 1.82) is 0 Å². The van der Waals surface area contributed by atoms with Gasteiger partial charge in [0.25, 0.3) is 5.91 Å². The van der Waals surface area contributed by atoms with Crippen LogP contribution in [0.3, 0.4) is 0 Å². The van der Waals surface area contributed by atoms with Gasteiger partial charge in [-0.05, 0) is 65.1 Å². The highest BCUT2D eigenvalue weighted by molar-refractivity contribution is 6.00. The number of hydrogen-bond donors (Lipinski definition) is 6. The SMILES string of the molecule is CC(C)(COc1ccc(NC(=O)[C@H](CC(=O)O)NC(=O)CNC(=O)c2cccc(N=C(N)N)c2)cc1)CC(C)(C)C(C)(C)C. The highest BCUT2D eigenvalue weighted by Crippen LogP contribution is 2.46. The Hall–Kier alpha value is -4.61. The predicted octanol–water partition coefficient (Wildman–Crippen LogP) is 3.79. The van der Waals surface area contributed by atoms with Gasteiger partial charge in [-0.3, -0.25) is 19.2 Å². The minimum absolute atomic E-state index is 0.0803. The second kappa shape index (κ2) is 14.7. The van der Waals surface area contributed by atoms with Crippen LogP contribution in [0.25, 0.3) is 0 Å². The maximum Gasteiger partial charge on any atom is 0.305 e. The van der Waals surface area contributed by atoms with Crippen molar-refractivity contribution in [2.45, 2.75) is 67.3 Å². The van der Waals surface area contributed by atoms with Gasteiger partial charge in [0.2, 0.25) is 11.8 Å². The molecular weight excluding hydrogens is 564 g/mol. The van der Waals surface area contributed by atoms with Crippen LogP contribution >= 0.6 is 0 Å². The number of nitrogens with one attached hydrogen (secondary N) is 3. The van der Waals surface area contributed by atoms with E-state index in [2.05, 4.69) is 69.4 Å². The third kappa shape index (κ3) is 11.6. The van der Waals surface area contributed by atoms with Gasteiger partial charge in [0.1, 0.15) is 11.8 Å². The van der Waals surface area contributed by atoms with E-state index in [4.69, 9.17) is 16.2 Å². The van der Waals surface area contributed by atoms with Crippen molar-refractivity contribution in [3.8, 4) is 5.75 Å². The molecule has 0 heterocycles. The first kappa shape index (κ1) is 35.6. The number of guanidine groups is 1. The van der Waals surface area contributed by atoms with Crippen LogP contribution in [-0.2, 0) is 14.4 Å². The molecule has 0 aliphatic heterocycles. The minimum atomic E-state index is -1.38. The second-order valence-electron chi connectivity index (χ2n) is 13.3. The molecule has 12 nitrogen and oxygen atoms in total. The van der Waals surface area contributed by atoms with Crippen LogP contribution in [0.2, 0.25) is 0 Å². The molecule has 240 valence electrons. The normalized spacial score (nSPS) is 12.4. The number of carbonyl (C=O) groups is 4. The average Bonchev–Trinajstić information content (AvgIpc) is 2.89. The number of benzene rings is 2. The molecule has 0 aliphatic carbocycles. The second-order valence-corrected chi connectivity index (χ2v) is 13.3. The first-order chi connectivity index (χ1) is 20.3. The molecule has 0 fully saturated rings. The maximum atomic E-state index is 12.9. The summed E-state index contributed by atoms with van der Waals surface area (Å²) in [5.41, 5.74) is 11.8. The number of ether oxygens (including phenoxy) is 1. The largest absolute Gasteiger partial charge is 0.493 e. The first-order valence-electron chi connectivity index (χ1n) is 14.3. The Bertz CT molecular complexity index is 1360. The zero-order valence-electron chi connectivity index (χ0n) is 26.6. The van der Waals surface area contributed by atoms with Crippen molar-refractivity contribution < 1.29 is 29.0 Å². The van der Waals surface area contributed by atoms with E-state index < -0.39 is 42.7 Å². The van der Waals surface area contributed by atoms with Gasteiger partial charge >= 0.3 is 5.97 Å². The molecule has 0 aromatic heterocycles. The van der Waals surface area contributed by atoms with Crippen LogP contribution in [0, 0.1) is 16.2 Å². The average molecular weight is 611 g/mol. The molecule has 0 bridgehead atoms. The monoisotopic (exact) mass is 610 g/mol. The quantitative estimate of drug-likeness (QED) is 0.137. The predicted molar refractivity (Wildman–Crippen MR) is 171 cm³/mol. The summed E-state index contributed by atoms with van der Waals surface area (Å²) >= 11 is 0. The lowest BCUT2D eigenvalue weighted by atomic mass is 9.62. The van der Waals surface area contributed by atoms with Gasteiger partial charge in [0.15, 0.2) is 5.96 Å². The van der Waals surface area contributed by atoms with Gasteiger partial charge < -0.3 is 37.3 Å². The molecule has 1 atom stereocenters. The molecular formula is C32H46N6O6. The number of carboxylic acid groups (broad SMARTS) is 1. The summed E-state index contributed by atoms with van der Waals surface area (Å²) in [6.07, 6.45) is 0.303. The van der Waals surface area contributed by atoms with Crippen LogP contribution in [-0.4, -0.2) is 54.0 Å². The molecule has 0 unspecified atom stereocenters. The fraction of sp³-hybridized carbons (Fsp3) is 0.469. The molecule has 2 aromatic rings. The molecule has 0 spiro atoms. The fourth-order valence-corrected chi connectivity index (χ4v) is 4.41. The van der Waals surface area contributed by atoms with Crippen LogP contribution in [0.5, 0.6) is 5.75 Å². The first-order valence-corrected chi connectivity index (χ1v) is 14.3. The Morgan fingerprint density at radius 2 is 1.59 bits per heavy atom. The third-order valence-corrected chi connectivity index (χ3v) is 7.51. The number of amides is 3. The Balaban J connectivity index is 1.96. The van der Waals surface area contributed by atoms with Gasteiger partial charge in [-0.15, -0.1) is 0 Å². The van der Waals surface area contributed by atoms with E-state index in [0.29, 0.717) is 23.7 Å². The smallest absolute Gasteiger partial charge is 0.305 e. The Morgan fingerprint density at radius 3 is 2.16 bits per heavy atom. The number of nitrogens with zero attached hydrogens (tertiary/aromatic N) is 1. The number of rotatable bonds is 14. The topological polar surface area (TPSA) is 198 Å². The molecule has 3 amide bonds. The van der Waals surface area contributed by atoms with E-state index in [-0.39, 0.29) is 27.8 Å². The number of aliphatic carboxylic acids is 1. The standard InChI is InChI=1S/C32H46N6O6/c1-30(2,3)32(6,7)18-31(4,5)19-44-23-13-11-21(12-14-23)36-28(43)24(16-26(40)41)38-25(39)17-35-27(42)20-9-8-10-22(15-20)37-29(33)34/h8-15,24H,16-19H2,1-7H3,(H,35,42)(H,36,43)(H,38,39)(H,40,41)(H4,33,34,37)/t24-/m0/s1. The molecule has 44 heavy (non-hydrogen) atoms. The lowest BCUT2D eigenvalue weighted by molar-refractivity contribution is -0.139. The van der Waals surface area contributed by atoms with Gasteiger partial charge in [-0.1, -0.05) is 54.5 Å². The Kier molecular flexibility index (Phi) is 11.9. The van der Waals surface area contributed by atoms with Gasteiger partial charge in [-0.25, -0.2) is 4.99 Å². The van der Waals surface area contributed by atoms with Crippen LogP contribution in [0.4, 0.5) is 11.4 Å². The zero-order chi connectivity index (χ0) is 33.3. The summed E-state index contributed by atoms with van der Waals surface area (Å²) in [7, 11) is 0. The van der Waals surface area contributed by atoms with E-state index in [9.17, 15) is 24.3 Å². The summed E-state index contributed by atoms with van der Waals surface area (Å²) in [5, 5.41) is 16.7. The number of anilines is 1. The molecule has 8 N–H and O–H groups in total. The summed E-state index contributed by atoms with van der Waals surface area (Å²) < 4.78 is 6.04. The Labute approximate surface area is 259 Å². The number of hydrogen-bond acceptors (Lipinski definition) is 6. The highest BCUT2D eigenvalue weighted by Gasteiger charge is 2.38. The number of aliphatic imine (C=N–C) groups is 1. The van der Waals surface area contributed by atoms with E-state index in [0.717, 1.165) is 6.42 Å². The van der Waals surface area contributed by atoms with Crippen molar-refractivity contribution in [3.05, 3.63) is 54.1 Å². The highest BCUT2D eigenvalue weighted by atomic mass is 16.5. The Morgan fingerprint density at radius 1 is 0.955 bits per heavy atom. The molecule has 0 aliphatic rings. The molecule has 0 saturated heterocycles. The van der Waals surface area contributed by atoms with Crippen molar-refractivity contribution in [3.63, 3.8) is 0 Å². The van der Waals surface area contributed by atoms with Crippen LogP contribution < -0.4 is 32.2 Å². The van der Waals surface area contributed by atoms with Crippen LogP contribution in [0.15, 0.2) is 53.5 Å². The van der Waals surface area contributed by atoms with Gasteiger partial charge in [-0.2, -0.15) is 0 Å². The van der Waals surface area contributed by atoms with E-state index >= 15 is 0 Å². The summed E-state index contributed by atoms with van der Waals surface area (Å²) in [5.74, 6) is -2.90. The minimum Gasteiger partial charge on any atom is -0.493 e. The van der Waals surface area contributed by atoms with Gasteiger partial charge in [0, 0.05) is 11.3 Å². The molecule has 2 aromatic carbocycles. The fourth-order valence-electron chi connectivity index (χ4n) is 4.41. The summed E-state index contributed by atoms with van der Waals surface area (Å²) in [4.78, 5) is 53.1. The van der Waals surface area contributed by atoms with Gasteiger partial charge in [0.05, 0.1) is 25.3 Å². The van der Waals surface area contributed by atoms with E-state index in [1.165, 1.54) is 12.1 Å². The lowest BCUT2D eigenvalue weighted by Gasteiger charge is -2.44. The van der Waals surface area contributed by atoms with Crippen LogP contribution in [0.1, 0.15) is 71.7 Å². The van der Waals surface area contributed by atoms with E-state index in [1.54, 1.807) is 36.4 Å². The third-order valence-electron chi connectivity index (χ3n) is 7.51. The number of carboxylic acids is 1. The molecule has 0 saturated carbocycles. The maximum absolute atomic E-state index is 12.9.